The summed E-state index contributed by atoms with van der Waals surface area (Å²) in [5.41, 5.74) is 9.38. The number of fused-ring (bicyclic) bond motifs is 2. The lowest BCUT2D eigenvalue weighted by Crippen LogP contribution is -2.31. The number of benzene rings is 2. The highest BCUT2D eigenvalue weighted by Gasteiger charge is 2.34. The minimum atomic E-state index is -0.725. The highest BCUT2D eigenvalue weighted by atomic mass is 35.5. The van der Waals surface area contributed by atoms with Crippen molar-refractivity contribution in [2.75, 3.05) is 0 Å². The molecule has 1 aliphatic rings. The van der Waals surface area contributed by atoms with E-state index in [1.165, 1.54) is 11.0 Å². The lowest BCUT2D eigenvalue weighted by atomic mass is 9.99. The highest BCUT2D eigenvalue weighted by Crippen LogP contribution is 2.37. The van der Waals surface area contributed by atoms with E-state index in [4.69, 9.17) is 22.1 Å². The second-order valence-electron chi connectivity index (χ2n) is 10.6. The van der Waals surface area contributed by atoms with E-state index < -0.39 is 17.7 Å². The van der Waals surface area contributed by atoms with E-state index in [-0.39, 0.29) is 17.5 Å². The van der Waals surface area contributed by atoms with Gasteiger partial charge in [0.2, 0.25) is 5.78 Å². The van der Waals surface area contributed by atoms with E-state index in [9.17, 15) is 9.59 Å². The van der Waals surface area contributed by atoms with Crippen LogP contribution < -0.4 is 11.1 Å². The molecule has 6 nitrogen and oxygen atoms in total. The van der Waals surface area contributed by atoms with Gasteiger partial charge >= 0.3 is 6.09 Å². The lowest BCUT2D eigenvalue weighted by Gasteiger charge is -2.21. The molecule has 0 amide bonds. The number of nitrogens with zero attached hydrogens (tertiary/aromatic N) is 1. The average molecular weight is 510 g/mol. The van der Waals surface area contributed by atoms with Crippen LogP contribution in [0.1, 0.15) is 99.1 Å². The molecule has 2 atom stereocenters. The van der Waals surface area contributed by atoms with E-state index in [0.717, 1.165) is 42.4 Å². The standard InChI is InChI=1S/C29H36ClN3O3/c1-5-6-7-8-13-22(31)20-14-15-23-21(25(20)30)16-24(33(23)28(35)36-29(2,3)4)27(34)26-19-12-10-9-11-18(19)17-32-26/h9-12,14-16,22,26,32H,5-8,13,17,31H2,1-4H3. The fraction of sp³-hybridized carbons (Fsp3) is 0.448. The number of nitrogens with one attached hydrogen (secondary N) is 1. The number of carbonyl (C=O) groups excluding carboxylic acids is 2. The number of ketones is 1. The Morgan fingerprint density at radius 3 is 2.64 bits per heavy atom. The maximum Gasteiger partial charge on any atom is 0.419 e. The maximum atomic E-state index is 13.8. The molecule has 0 saturated carbocycles. The SMILES string of the molecule is CCCCCCC(N)c1ccc2c(cc(C(=O)C3NCc4ccccc43)n2C(=O)OC(C)(C)C)c1Cl. The number of nitrogens with two attached hydrogens (primary N) is 1. The molecule has 3 N–H and O–H groups in total. The quantitative estimate of drug-likeness (QED) is 0.250. The number of unbranched alkanes of at least 4 members (excludes halogenated alkanes) is 3. The van der Waals surface area contributed by atoms with Crippen molar-refractivity contribution in [3.05, 3.63) is 69.9 Å². The first kappa shape index (κ1) is 26.4. The Morgan fingerprint density at radius 1 is 1.17 bits per heavy atom. The third-order valence-corrected chi connectivity index (χ3v) is 7.09. The predicted molar refractivity (Wildman–Crippen MR) is 145 cm³/mol. The molecule has 0 bridgehead atoms. The van der Waals surface area contributed by atoms with Gasteiger partial charge in [0.05, 0.1) is 22.3 Å². The van der Waals surface area contributed by atoms with E-state index in [2.05, 4.69) is 12.2 Å². The average Bonchev–Trinajstić information content (AvgIpc) is 3.43. The van der Waals surface area contributed by atoms with Crippen LogP contribution in [0.5, 0.6) is 0 Å². The topological polar surface area (TPSA) is 86.4 Å². The number of halogens is 1. The normalized spacial score (nSPS) is 16.2. The van der Waals surface area contributed by atoms with Gasteiger partial charge in [-0.25, -0.2) is 9.36 Å². The van der Waals surface area contributed by atoms with Crippen molar-refractivity contribution in [3.63, 3.8) is 0 Å². The van der Waals surface area contributed by atoms with E-state index in [1.807, 2.05) is 36.4 Å². The summed E-state index contributed by atoms with van der Waals surface area (Å²) in [6.45, 7) is 8.18. The van der Waals surface area contributed by atoms with Crippen LogP contribution >= 0.6 is 11.6 Å². The molecule has 36 heavy (non-hydrogen) atoms. The first-order valence-corrected chi connectivity index (χ1v) is 13.2. The van der Waals surface area contributed by atoms with Crippen molar-refractivity contribution in [1.29, 1.82) is 0 Å². The van der Waals surface area contributed by atoms with Crippen LogP contribution in [0.25, 0.3) is 10.9 Å². The molecule has 7 heteroatoms. The van der Waals surface area contributed by atoms with Crippen molar-refractivity contribution in [2.24, 2.45) is 5.73 Å². The summed E-state index contributed by atoms with van der Waals surface area (Å²) in [5.74, 6) is -0.205. The number of aromatic nitrogens is 1. The molecule has 192 valence electrons. The van der Waals surface area contributed by atoms with Gasteiger partial charge in [-0.15, -0.1) is 0 Å². The Kier molecular flexibility index (Phi) is 7.88. The van der Waals surface area contributed by atoms with Crippen LogP contribution in [0.3, 0.4) is 0 Å². The fourth-order valence-corrected chi connectivity index (χ4v) is 5.22. The molecular formula is C29H36ClN3O3. The first-order valence-electron chi connectivity index (χ1n) is 12.8. The zero-order valence-electron chi connectivity index (χ0n) is 21.6. The molecule has 3 aromatic rings. The van der Waals surface area contributed by atoms with E-state index in [1.54, 1.807) is 26.8 Å². The summed E-state index contributed by atoms with van der Waals surface area (Å²) in [4.78, 5) is 27.2. The molecule has 0 aliphatic carbocycles. The molecule has 4 rings (SSSR count). The maximum absolute atomic E-state index is 13.8. The van der Waals surface area contributed by atoms with Crippen LogP contribution in [0.2, 0.25) is 5.02 Å². The van der Waals surface area contributed by atoms with Crippen molar-refractivity contribution in [2.45, 2.75) is 84.0 Å². The minimum Gasteiger partial charge on any atom is -0.443 e. The third kappa shape index (κ3) is 5.36. The van der Waals surface area contributed by atoms with Gasteiger partial charge in [-0.05, 0) is 56.0 Å². The summed E-state index contributed by atoms with van der Waals surface area (Å²) in [6, 6.07) is 12.5. The Balaban J connectivity index is 1.77. The molecule has 1 aromatic heterocycles. The molecule has 1 aliphatic heterocycles. The van der Waals surface area contributed by atoms with Crippen LogP contribution in [0, 0.1) is 0 Å². The number of ether oxygens (including phenoxy) is 1. The van der Waals surface area contributed by atoms with Crippen molar-refractivity contribution in [3.8, 4) is 0 Å². The van der Waals surface area contributed by atoms with Crippen LogP contribution in [-0.4, -0.2) is 22.0 Å². The van der Waals surface area contributed by atoms with E-state index >= 15 is 0 Å². The number of hydrogen-bond acceptors (Lipinski definition) is 5. The van der Waals surface area contributed by atoms with Gasteiger partial charge in [0.1, 0.15) is 5.60 Å². The van der Waals surface area contributed by atoms with Gasteiger partial charge < -0.3 is 10.5 Å². The molecule has 0 fully saturated rings. The van der Waals surface area contributed by atoms with Crippen molar-refractivity contribution < 1.29 is 14.3 Å². The molecular weight excluding hydrogens is 474 g/mol. The molecule has 2 aromatic carbocycles. The Bertz CT molecular complexity index is 1270. The summed E-state index contributed by atoms with van der Waals surface area (Å²) < 4.78 is 7.05. The molecule has 0 radical (unpaired) electrons. The molecule has 0 spiro atoms. The molecule has 2 heterocycles. The van der Waals surface area contributed by atoms with Crippen molar-refractivity contribution in [1.82, 2.24) is 9.88 Å². The summed E-state index contributed by atoms with van der Waals surface area (Å²) >= 11 is 6.87. The Morgan fingerprint density at radius 2 is 1.92 bits per heavy atom. The third-order valence-electron chi connectivity index (χ3n) is 6.67. The number of carbonyl (C=O) groups is 2. The Labute approximate surface area is 218 Å². The summed E-state index contributed by atoms with van der Waals surface area (Å²) in [7, 11) is 0. The monoisotopic (exact) mass is 509 g/mol. The fourth-order valence-electron chi connectivity index (χ4n) is 4.86. The van der Waals surface area contributed by atoms with E-state index in [0.29, 0.717) is 22.5 Å². The van der Waals surface area contributed by atoms with Crippen molar-refractivity contribution >= 4 is 34.4 Å². The first-order chi connectivity index (χ1) is 17.1. The molecule has 2 unspecified atom stereocenters. The van der Waals surface area contributed by atoms with Gasteiger partial charge in [-0.3, -0.25) is 10.1 Å². The van der Waals surface area contributed by atoms with Gasteiger partial charge in [-0.1, -0.05) is 74.5 Å². The lowest BCUT2D eigenvalue weighted by molar-refractivity contribution is 0.0534. The van der Waals surface area contributed by atoms with Gasteiger partial charge in [0.25, 0.3) is 0 Å². The second-order valence-corrected chi connectivity index (χ2v) is 11.0. The zero-order valence-corrected chi connectivity index (χ0v) is 22.3. The minimum absolute atomic E-state index is 0.205. The summed E-state index contributed by atoms with van der Waals surface area (Å²) in [5, 5.41) is 4.39. The van der Waals surface area contributed by atoms with Crippen LogP contribution in [0.4, 0.5) is 4.79 Å². The van der Waals surface area contributed by atoms with Gasteiger partial charge in [-0.2, -0.15) is 0 Å². The number of rotatable bonds is 8. The number of Topliss-reactive ketones (excluding diaryl/α,β-unsaturated/α-hetero) is 1. The molecule has 0 saturated heterocycles. The highest BCUT2D eigenvalue weighted by molar-refractivity contribution is 6.36. The van der Waals surface area contributed by atoms with Crippen LogP contribution in [-0.2, 0) is 11.3 Å². The number of hydrogen-bond donors (Lipinski definition) is 2. The zero-order chi connectivity index (χ0) is 26.0. The van der Waals surface area contributed by atoms with Gasteiger partial charge in [0, 0.05) is 18.0 Å². The second kappa shape index (κ2) is 10.8. The van der Waals surface area contributed by atoms with Gasteiger partial charge in [0.15, 0.2) is 0 Å². The summed E-state index contributed by atoms with van der Waals surface area (Å²) in [6.07, 6.45) is 4.72. The van der Waals surface area contributed by atoms with Crippen LogP contribution in [0.15, 0.2) is 42.5 Å². The largest absolute Gasteiger partial charge is 0.443 e. The Hall–Kier alpha value is -2.67. The predicted octanol–water partition coefficient (Wildman–Crippen LogP) is 7.08. The smallest absolute Gasteiger partial charge is 0.419 e.